The van der Waals surface area contributed by atoms with Crippen molar-refractivity contribution in [3.8, 4) is 22.3 Å². The highest BCUT2D eigenvalue weighted by Gasteiger charge is 2.51. The van der Waals surface area contributed by atoms with Crippen molar-refractivity contribution >= 4 is 0 Å². The van der Waals surface area contributed by atoms with Crippen molar-refractivity contribution in [2.24, 2.45) is 10.8 Å². The van der Waals surface area contributed by atoms with Gasteiger partial charge in [-0.25, -0.2) is 0 Å². The van der Waals surface area contributed by atoms with Gasteiger partial charge in [-0.3, -0.25) is 0 Å². The first-order valence-corrected chi connectivity index (χ1v) is 17.4. The summed E-state index contributed by atoms with van der Waals surface area (Å²) in [4.78, 5) is 2.12. The predicted octanol–water partition coefficient (Wildman–Crippen LogP) is 12.2. The van der Waals surface area contributed by atoms with E-state index in [1.807, 2.05) is 0 Å². The average Bonchev–Trinajstić information content (AvgIpc) is 3.52. The van der Waals surface area contributed by atoms with E-state index < -0.39 is 0 Å². The number of hydrogen-bond acceptors (Lipinski definition) is 1. The maximum absolute atomic E-state index is 2.35. The van der Waals surface area contributed by atoms with E-state index >= 15 is 0 Å². The molecule has 1 atom stereocenters. The second-order valence-electron chi connectivity index (χ2n) is 15.9. The van der Waals surface area contributed by atoms with Crippen LogP contribution in [0.15, 0.2) is 121 Å². The van der Waals surface area contributed by atoms with Crippen LogP contribution in [0.4, 0.5) is 0 Å². The van der Waals surface area contributed by atoms with Gasteiger partial charge in [-0.1, -0.05) is 175 Å². The predicted molar refractivity (Wildman–Crippen MR) is 204 cm³/mol. The standard InChI is InChI=1S/C25H16.C17H28.C4H11N/c1-5-13-21-17(9-1)18-10-2-6-14-22(18)25(21)23-15-7-3-11-19(23)20-12-4-8-16-24(20)25;1-13-8-10-14(11-9-13)15(17(5,6)7)12-16(2,3)4;1-4-5(2)3/h1-16H;8-11,15H,12H2,1-7H3;4H2,1-3H3. The fraction of sp³-hybridized carbons (Fsp3) is 0.348. The highest BCUT2D eigenvalue weighted by atomic mass is 15.0. The van der Waals surface area contributed by atoms with E-state index in [2.05, 4.69) is 196 Å². The van der Waals surface area contributed by atoms with Crippen LogP contribution < -0.4 is 0 Å². The molecule has 0 amide bonds. The van der Waals surface area contributed by atoms with Crippen molar-refractivity contribution in [2.45, 2.75) is 73.1 Å². The Kier molecular flexibility index (Phi) is 9.99. The van der Waals surface area contributed by atoms with Crippen LogP contribution >= 0.6 is 0 Å². The van der Waals surface area contributed by atoms with Crippen LogP contribution in [0.25, 0.3) is 22.3 Å². The summed E-state index contributed by atoms with van der Waals surface area (Å²) in [5, 5.41) is 0. The third-order valence-electron chi connectivity index (χ3n) is 9.88. The summed E-state index contributed by atoms with van der Waals surface area (Å²) in [6.07, 6.45) is 1.24. The molecule has 244 valence electrons. The zero-order valence-corrected chi connectivity index (χ0v) is 30.5. The van der Waals surface area contributed by atoms with Gasteiger partial charge in [0.2, 0.25) is 0 Å². The highest BCUT2D eigenvalue weighted by molar-refractivity contribution is 5.94. The molecule has 0 aromatic heterocycles. The molecule has 2 aliphatic carbocycles. The second-order valence-corrected chi connectivity index (χ2v) is 15.9. The van der Waals surface area contributed by atoms with Crippen LogP contribution in [0, 0.1) is 17.8 Å². The zero-order valence-electron chi connectivity index (χ0n) is 30.5. The topological polar surface area (TPSA) is 3.24 Å². The molecule has 1 unspecified atom stereocenters. The fourth-order valence-corrected chi connectivity index (χ4v) is 7.39. The third kappa shape index (κ3) is 6.88. The molecule has 7 rings (SSSR count). The Labute approximate surface area is 285 Å². The van der Waals surface area contributed by atoms with Crippen molar-refractivity contribution in [2.75, 3.05) is 20.6 Å². The maximum Gasteiger partial charge on any atom is 0.0725 e. The molecule has 5 aromatic carbocycles. The lowest BCUT2D eigenvalue weighted by Crippen LogP contribution is -2.25. The normalized spacial score (nSPS) is 14.2. The molecule has 0 saturated heterocycles. The summed E-state index contributed by atoms with van der Waals surface area (Å²) >= 11 is 0. The van der Waals surface area contributed by atoms with E-state index in [4.69, 9.17) is 0 Å². The number of benzene rings is 5. The minimum atomic E-state index is -0.180. The molecule has 1 spiro atoms. The number of hydrogen-bond donors (Lipinski definition) is 0. The first kappa shape index (κ1) is 34.4. The van der Waals surface area contributed by atoms with Crippen molar-refractivity contribution in [3.63, 3.8) is 0 Å². The minimum absolute atomic E-state index is 0.180. The van der Waals surface area contributed by atoms with Gasteiger partial charge >= 0.3 is 0 Å². The second kappa shape index (κ2) is 13.7. The Morgan fingerprint density at radius 1 is 0.532 bits per heavy atom. The monoisotopic (exact) mass is 621 g/mol. The van der Waals surface area contributed by atoms with Gasteiger partial charge in [0.25, 0.3) is 0 Å². The zero-order chi connectivity index (χ0) is 34.0. The lowest BCUT2D eigenvalue weighted by molar-refractivity contribution is 0.229. The van der Waals surface area contributed by atoms with Gasteiger partial charge in [0.1, 0.15) is 0 Å². The van der Waals surface area contributed by atoms with E-state index in [1.165, 1.54) is 62.1 Å². The number of nitrogens with zero attached hydrogens (tertiary/aromatic N) is 1. The summed E-state index contributed by atoms with van der Waals surface area (Å²) < 4.78 is 0. The molecule has 1 nitrogen and oxygen atoms in total. The van der Waals surface area contributed by atoms with Crippen molar-refractivity contribution in [1.29, 1.82) is 0 Å². The van der Waals surface area contributed by atoms with Gasteiger partial charge in [0.15, 0.2) is 0 Å². The number of rotatable bonds is 3. The Hall–Kier alpha value is -3.94. The Morgan fingerprint density at radius 3 is 1.13 bits per heavy atom. The van der Waals surface area contributed by atoms with E-state index in [0.717, 1.165) is 6.54 Å². The van der Waals surface area contributed by atoms with Crippen LogP contribution in [0.5, 0.6) is 0 Å². The summed E-state index contributed by atoms with van der Waals surface area (Å²) in [6.45, 7) is 19.5. The molecule has 47 heavy (non-hydrogen) atoms. The molecule has 0 N–H and O–H groups in total. The molecule has 0 saturated carbocycles. The lowest BCUT2D eigenvalue weighted by Gasteiger charge is -2.36. The van der Waals surface area contributed by atoms with Crippen molar-refractivity contribution < 1.29 is 0 Å². The van der Waals surface area contributed by atoms with Crippen molar-refractivity contribution in [3.05, 3.63) is 155 Å². The van der Waals surface area contributed by atoms with Crippen LogP contribution in [-0.2, 0) is 5.41 Å². The van der Waals surface area contributed by atoms with Gasteiger partial charge < -0.3 is 4.90 Å². The largest absolute Gasteiger partial charge is 0.310 e. The van der Waals surface area contributed by atoms with Crippen LogP contribution in [0.1, 0.15) is 94.2 Å². The van der Waals surface area contributed by atoms with E-state index in [-0.39, 0.29) is 5.41 Å². The summed E-state index contributed by atoms with van der Waals surface area (Å²) in [5.74, 6) is 0.628. The Bertz CT molecular complexity index is 1610. The van der Waals surface area contributed by atoms with E-state index in [0.29, 0.717) is 16.7 Å². The van der Waals surface area contributed by atoms with Crippen LogP contribution in [0.3, 0.4) is 0 Å². The molecular formula is C46H55N. The molecular weight excluding hydrogens is 567 g/mol. The lowest BCUT2D eigenvalue weighted by atomic mass is 9.69. The van der Waals surface area contributed by atoms with E-state index in [1.54, 1.807) is 0 Å². The summed E-state index contributed by atoms with van der Waals surface area (Å²) in [6, 6.07) is 44.7. The third-order valence-corrected chi connectivity index (χ3v) is 9.88. The Morgan fingerprint density at radius 2 is 0.851 bits per heavy atom. The molecule has 0 aliphatic heterocycles. The molecule has 1 heteroatoms. The van der Waals surface area contributed by atoms with Crippen molar-refractivity contribution in [1.82, 2.24) is 4.90 Å². The van der Waals surface area contributed by atoms with Gasteiger partial charge in [-0.05, 0) is 101 Å². The molecule has 5 aromatic rings. The first-order valence-electron chi connectivity index (χ1n) is 17.4. The number of aryl methyl sites for hydroxylation is 1. The van der Waals surface area contributed by atoms with Gasteiger partial charge in [-0.15, -0.1) is 0 Å². The summed E-state index contributed by atoms with van der Waals surface area (Å²) in [7, 11) is 4.11. The molecule has 0 fully saturated rings. The van der Waals surface area contributed by atoms with Gasteiger partial charge in [0, 0.05) is 0 Å². The van der Waals surface area contributed by atoms with Gasteiger partial charge in [0.05, 0.1) is 5.41 Å². The molecule has 0 radical (unpaired) electrons. The molecule has 2 aliphatic rings. The maximum atomic E-state index is 2.35. The molecule has 0 heterocycles. The van der Waals surface area contributed by atoms with Gasteiger partial charge in [-0.2, -0.15) is 0 Å². The SMILES string of the molecule is CCN(C)C.Cc1ccc(C(CC(C)(C)C)C(C)(C)C)cc1.c1ccc2c(c1)-c1ccccc1C21c2ccccc2-c2ccccc21. The quantitative estimate of drug-likeness (QED) is 0.190. The first-order chi connectivity index (χ1) is 22.3. The van der Waals surface area contributed by atoms with E-state index in [9.17, 15) is 0 Å². The minimum Gasteiger partial charge on any atom is -0.310 e. The smallest absolute Gasteiger partial charge is 0.0725 e. The molecule has 0 bridgehead atoms. The Balaban J connectivity index is 0.000000172. The average molecular weight is 622 g/mol. The van der Waals surface area contributed by atoms with Crippen LogP contribution in [0.2, 0.25) is 0 Å². The summed E-state index contributed by atoms with van der Waals surface area (Å²) in [5.41, 5.74) is 14.5. The fourth-order valence-electron chi connectivity index (χ4n) is 7.39. The number of fused-ring (bicyclic) bond motifs is 10. The van der Waals surface area contributed by atoms with Crippen LogP contribution in [-0.4, -0.2) is 25.5 Å². The highest BCUT2D eigenvalue weighted by Crippen LogP contribution is 2.62.